The summed E-state index contributed by atoms with van der Waals surface area (Å²) >= 11 is 0. The molecule has 20 aromatic rings. The smallest absolute Gasteiger partial charge is 0.238 e. The van der Waals surface area contributed by atoms with Crippen LogP contribution in [0.15, 0.2) is 400 Å². The molecule has 0 spiro atoms. The minimum Gasteiger partial charge on any atom is -0.311 e. The Morgan fingerprint density at radius 3 is 0.864 bits per heavy atom. The molecule has 560 valence electrons. The lowest BCUT2D eigenvalue weighted by Crippen LogP contribution is -2.14. The number of aromatic nitrogens is 8. The minimum atomic E-state index is -0.153. The fourth-order valence-electron chi connectivity index (χ4n) is 18.0. The molecular formula is C108H78N10. The first-order valence-electron chi connectivity index (χ1n) is 40.2. The maximum atomic E-state index is 5.35. The Morgan fingerprint density at radius 2 is 0.475 bits per heavy atom. The predicted octanol–water partition coefficient (Wildman–Crippen LogP) is 27.5. The number of nitrogens with zero attached hydrogens (tertiary/aromatic N) is 10. The maximum Gasteiger partial charge on any atom is 0.238 e. The molecule has 16 aromatic carbocycles. The third-order valence-corrected chi connectivity index (χ3v) is 23.7. The van der Waals surface area contributed by atoms with Gasteiger partial charge in [0, 0.05) is 88.8 Å². The van der Waals surface area contributed by atoms with Crippen molar-refractivity contribution in [2.75, 3.05) is 9.80 Å². The van der Waals surface area contributed by atoms with Crippen LogP contribution in [0.4, 0.5) is 34.1 Å². The second-order valence-electron chi connectivity index (χ2n) is 31.4. The minimum absolute atomic E-state index is 0.150. The van der Waals surface area contributed by atoms with E-state index in [9.17, 15) is 0 Å². The normalized spacial score (nSPS) is 12.7. The van der Waals surface area contributed by atoms with Gasteiger partial charge in [-0.3, -0.25) is 9.13 Å². The largest absolute Gasteiger partial charge is 0.311 e. The molecule has 0 unspecified atom stereocenters. The van der Waals surface area contributed by atoms with Crippen LogP contribution in [0.2, 0.25) is 0 Å². The Labute approximate surface area is 685 Å². The van der Waals surface area contributed by atoms with Gasteiger partial charge in [-0.2, -0.15) is 19.9 Å². The third-order valence-electron chi connectivity index (χ3n) is 23.7. The highest BCUT2D eigenvalue weighted by Gasteiger charge is 2.39. The molecule has 118 heavy (non-hydrogen) atoms. The first kappa shape index (κ1) is 70.6. The first-order valence-corrected chi connectivity index (χ1v) is 40.2. The van der Waals surface area contributed by atoms with Crippen LogP contribution in [0, 0.1) is 0 Å². The predicted molar refractivity (Wildman–Crippen MR) is 485 cm³/mol. The molecule has 4 aromatic heterocycles. The number of rotatable bonds is 14. The zero-order chi connectivity index (χ0) is 79.0. The van der Waals surface area contributed by atoms with Crippen molar-refractivity contribution in [3.8, 4) is 102 Å². The summed E-state index contributed by atoms with van der Waals surface area (Å²) in [5.74, 6) is 3.72. The zero-order valence-electron chi connectivity index (χ0n) is 65.6. The van der Waals surface area contributed by atoms with Crippen molar-refractivity contribution in [3.63, 3.8) is 0 Å². The highest BCUT2D eigenvalue weighted by Crippen LogP contribution is 2.54. The van der Waals surface area contributed by atoms with Gasteiger partial charge in [-0.05, 0) is 164 Å². The standard InChI is InChI=1S/2C54H39N5/c1-54(2)46-27-12-9-25-44(46)50-45(26-16-28-47(50)54)52-55-51(56-53(57-52)59-48-29-13-10-23-42(48)43-24-11-14-30-49(43)59)37-33-31-36(32-34-37)38-17-15-22-41(35-38)58(39-18-5-3-6-19-39)40-20-7-4-8-21-40;1-54(2)46-24-12-9-22-44(46)50-45(23-15-25-47(50)54)52-55-51(56-53(57-52)59-48-26-13-10-20-42(48)43-21-11-14-27-49(43)59)38-30-28-36(29-31-38)37-32-34-41(35-33-37)58(39-16-5-3-6-17-39)40-18-7-4-8-19-40/h2*3-35H,1-2H3. The molecule has 0 fully saturated rings. The van der Waals surface area contributed by atoms with Crippen molar-refractivity contribution in [2.24, 2.45) is 0 Å². The van der Waals surface area contributed by atoms with Gasteiger partial charge in [0.1, 0.15) is 0 Å². The van der Waals surface area contributed by atoms with Gasteiger partial charge < -0.3 is 9.80 Å². The summed E-state index contributed by atoms with van der Waals surface area (Å²) in [6, 6.07) is 141. The zero-order valence-corrected chi connectivity index (χ0v) is 65.6. The van der Waals surface area contributed by atoms with Crippen LogP contribution >= 0.6 is 0 Å². The highest BCUT2D eigenvalue weighted by molar-refractivity contribution is 6.10. The monoisotopic (exact) mass is 1510 g/mol. The van der Waals surface area contributed by atoms with Crippen molar-refractivity contribution in [3.05, 3.63) is 423 Å². The number of para-hydroxylation sites is 8. The number of hydrogen-bond donors (Lipinski definition) is 0. The first-order chi connectivity index (χ1) is 58.1. The molecule has 0 aliphatic heterocycles. The second-order valence-corrected chi connectivity index (χ2v) is 31.4. The number of benzene rings is 16. The van der Waals surface area contributed by atoms with Gasteiger partial charge in [-0.15, -0.1) is 0 Å². The van der Waals surface area contributed by atoms with Crippen molar-refractivity contribution in [2.45, 2.75) is 38.5 Å². The van der Waals surface area contributed by atoms with E-state index in [4.69, 9.17) is 29.9 Å². The molecule has 4 heterocycles. The molecule has 0 radical (unpaired) electrons. The van der Waals surface area contributed by atoms with Crippen molar-refractivity contribution < 1.29 is 0 Å². The molecule has 10 heteroatoms. The fraction of sp³-hybridized carbons (Fsp3) is 0.0556. The lowest BCUT2D eigenvalue weighted by Gasteiger charge is -2.25. The second kappa shape index (κ2) is 29.0. The van der Waals surface area contributed by atoms with E-state index in [2.05, 4.69) is 447 Å². The van der Waals surface area contributed by atoms with Gasteiger partial charge in [0.2, 0.25) is 11.9 Å². The van der Waals surface area contributed by atoms with Crippen LogP contribution in [-0.2, 0) is 10.8 Å². The van der Waals surface area contributed by atoms with E-state index in [1.54, 1.807) is 0 Å². The van der Waals surface area contributed by atoms with Gasteiger partial charge in [0.25, 0.3) is 0 Å². The molecule has 2 aliphatic carbocycles. The average Bonchev–Trinajstić information content (AvgIpc) is 1.58. The number of fused-ring (bicyclic) bond motifs is 12. The van der Waals surface area contributed by atoms with Crippen LogP contribution in [0.1, 0.15) is 49.9 Å². The summed E-state index contributed by atoms with van der Waals surface area (Å²) in [4.78, 5) is 36.4. The fourth-order valence-corrected chi connectivity index (χ4v) is 18.0. The lowest BCUT2D eigenvalue weighted by atomic mass is 9.82. The summed E-state index contributed by atoms with van der Waals surface area (Å²) < 4.78 is 4.37. The molecule has 0 atom stereocenters. The summed E-state index contributed by atoms with van der Waals surface area (Å²) in [6.45, 7) is 9.23. The molecule has 0 saturated heterocycles. The van der Waals surface area contributed by atoms with Gasteiger partial charge >= 0.3 is 0 Å². The lowest BCUT2D eigenvalue weighted by molar-refractivity contribution is 0.660. The van der Waals surface area contributed by atoms with Crippen molar-refractivity contribution in [1.82, 2.24) is 39.0 Å². The van der Waals surface area contributed by atoms with Gasteiger partial charge in [0.05, 0.1) is 22.1 Å². The van der Waals surface area contributed by atoms with Crippen LogP contribution in [0.3, 0.4) is 0 Å². The van der Waals surface area contributed by atoms with Crippen LogP contribution in [-0.4, -0.2) is 39.0 Å². The van der Waals surface area contributed by atoms with E-state index >= 15 is 0 Å². The Bertz CT molecular complexity index is 7030. The quantitative estimate of drug-likeness (QED) is 0.106. The van der Waals surface area contributed by atoms with E-state index in [0.29, 0.717) is 35.2 Å². The maximum absolute atomic E-state index is 5.35. The van der Waals surface area contributed by atoms with Crippen LogP contribution < -0.4 is 9.80 Å². The molecule has 0 amide bonds. The SMILES string of the molecule is CC1(C)c2ccccc2-c2c(-c3nc(-c4ccc(-c5ccc(N(c6ccccc6)c6ccccc6)cc5)cc4)nc(-n4c5ccccc5c5ccccc54)n3)cccc21.CC1(C)c2ccccc2-c2c(-c3nc(-c4ccc(-c5cccc(N(c6ccccc6)c6ccccc6)c5)cc4)nc(-n4c5ccccc5c5ccccc54)n3)cccc21. The van der Waals surface area contributed by atoms with Gasteiger partial charge in [-0.25, -0.2) is 9.97 Å². The molecule has 10 nitrogen and oxygen atoms in total. The summed E-state index contributed by atoms with van der Waals surface area (Å²) in [5.41, 5.74) is 28.9. The Balaban J connectivity index is 0.000000147. The van der Waals surface area contributed by atoms with E-state index in [1.165, 1.54) is 44.5 Å². The molecule has 0 N–H and O–H groups in total. The van der Waals surface area contributed by atoms with E-state index in [-0.39, 0.29) is 10.8 Å². The molecule has 0 bridgehead atoms. The van der Waals surface area contributed by atoms with E-state index < -0.39 is 0 Å². The van der Waals surface area contributed by atoms with Crippen LogP contribution in [0.5, 0.6) is 0 Å². The Morgan fingerprint density at radius 1 is 0.203 bits per heavy atom. The van der Waals surface area contributed by atoms with Gasteiger partial charge in [0.15, 0.2) is 23.3 Å². The topological polar surface area (TPSA) is 93.7 Å². The van der Waals surface area contributed by atoms with E-state index in [1.807, 2.05) is 0 Å². The van der Waals surface area contributed by atoms with Crippen molar-refractivity contribution in [1.29, 1.82) is 0 Å². The number of anilines is 6. The van der Waals surface area contributed by atoms with Crippen molar-refractivity contribution >= 4 is 77.7 Å². The Kier molecular flexibility index (Phi) is 17.3. The molecule has 2 aliphatic rings. The molecule has 22 rings (SSSR count). The molecule has 0 saturated carbocycles. The average molecular weight is 1520 g/mol. The number of hydrogen-bond acceptors (Lipinski definition) is 8. The third kappa shape index (κ3) is 12.2. The highest BCUT2D eigenvalue weighted by atomic mass is 15.2. The summed E-state index contributed by atoms with van der Waals surface area (Å²) in [7, 11) is 0. The van der Waals surface area contributed by atoms with Crippen LogP contribution in [0.25, 0.3) is 146 Å². The summed E-state index contributed by atoms with van der Waals surface area (Å²) in [6.07, 6.45) is 0. The van der Waals surface area contributed by atoms with E-state index in [0.717, 1.165) is 122 Å². The molecular weight excluding hydrogens is 1440 g/mol. The summed E-state index contributed by atoms with van der Waals surface area (Å²) in [5, 5.41) is 4.64. The Hall–Kier alpha value is -15.3. The van der Waals surface area contributed by atoms with Gasteiger partial charge in [-0.1, -0.05) is 331 Å².